The van der Waals surface area contributed by atoms with Gasteiger partial charge in [0.1, 0.15) is 11.6 Å². The van der Waals surface area contributed by atoms with Gasteiger partial charge in [0.2, 0.25) is 0 Å². The van der Waals surface area contributed by atoms with Crippen LogP contribution >= 0.6 is 0 Å². The van der Waals surface area contributed by atoms with Gasteiger partial charge in [-0.1, -0.05) is 6.07 Å². The minimum atomic E-state index is -0.557. The Hall–Kier alpha value is -2.56. The number of fused-ring (bicyclic) bond motifs is 1. The zero-order chi connectivity index (χ0) is 14.3. The number of nitrogens with zero attached hydrogens (tertiary/aromatic N) is 1. The topological polar surface area (TPSA) is 66.6 Å². The molecule has 3 rings (SSSR count). The van der Waals surface area contributed by atoms with E-state index in [0.29, 0.717) is 12.2 Å². The van der Waals surface area contributed by atoms with Crippen LogP contribution in [-0.2, 0) is 6.42 Å². The zero-order valence-corrected chi connectivity index (χ0v) is 10.6. The van der Waals surface area contributed by atoms with Crippen LogP contribution in [0.5, 0.6) is 5.75 Å². The highest BCUT2D eigenvalue weighted by molar-refractivity contribution is 6.09. The molecule has 2 aromatic carbocycles. The number of aromatic hydroxyl groups is 1. The van der Waals surface area contributed by atoms with E-state index < -0.39 is 11.7 Å². The maximum absolute atomic E-state index is 13.3. The monoisotopic (exact) mass is 272 g/mol. The van der Waals surface area contributed by atoms with E-state index in [1.54, 1.807) is 12.1 Å². The van der Waals surface area contributed by atoms with E-state index in [1.807, 2.05) is 6.07 Å². The number of phenols is 1. The van der Waals surface area contributed by atoms with Crippen LogP contribution in [0.3, 0.4) is 0 Å². The van der Waals surface area contributed by atoms with E-state index in [-0.39, 0.29) is 11.3 Å². The fourth-order valence-corrected chi connectivity index (χ4v) is 2.43. The Morgan fingerprint density at radius 2 is 2.05 bits per heavy atom. The highest BCUT2D eigenvalue weighted by Gasteiger charge is 2.27. The molecule has 3 N–H and O–H groups in total. The molecule has 0 unspecified atom stereocenters. The third kappa shape index (κ3) is 1.97. The fraction of sp³-hybridized carbons (Fsp3) is 0.133. The molecule has 0 aliphatic carbocycles. The second-order valence-electron chi connectivity index (χ2n) is 4.76. The van der Waals surface area contributed by atoms with Crippen LogP contribution in [0, 0.1) is 5.82 Å². The fourth-order valence-electron chi connectivity index (χ4n) is 2.43. The minimum absolute atomic E-state index is 0.0414. The second kappa shape index (κ2) is 4.52. The van der Waals surface area contributed by atoms with Gasteiger partial charge in [0, 0.05) is 17.9 Å². The van der Waals surface area contributed by atoms with Crippen LogP contribution in [-0.4, -0.2) is 17.6 Å². The molecule has 0 fully saturated rings. The number of carbonyl (C=O) groups is 1. The molecular formula is C15H13FN2O2. The normalized spacial score (nSPS) is 13.3. The number of hydrogen-bond acceptors (Lipinski definition) is 3. The van der Waals surface area contributed by atoms with Crippen LogP contribution < -0.4 is 10.6 Å². The van der Waals surface area contributed by atoms with Crippen LogP contribution in [0.2, 0.25) is 0 Å². The van der Waals surface area contributed by atoms with Crippen molar-refractivity contribution in [2.24, 2.45) is 0 Å². The van der Waals surface area contributed by atoms with Crippen LogP contribution in [0.4, 0.5) is 15.8 Å². The minimum Gasteiger partial charge on any atom is -0.507 e. The Balaban J connectivity index is 2.01. The molecule has 1 amide bonds. The van der Waals surface area contributed by atoms with E-state index in [9.17, 15) is 14.3 Å². The third-order valence-corrected chi connectivity index (χ3v) is 3.44. The van der Waals surface area contributed by atoms with Gasteiger partial charge in [-0.2, -0.15) is 0 Å². The molecule has 0 radical (unpaired) electrons. The lowest BCUT2D eigenvalue weighted by Crippen LogP contribution is -2.29. The van der Waals surface area contributed by atoms with Crippen LogP contribution in [0.1, 0.15) is 15.9 Å². The molecular weight excluding hydrogens is 259 g/mol. The number of hydrogen-bond donors (Lipinski definition) is 2. The van der Waals surface area contributed by atoms with Crippen molar-refractivity contribution in [2.45, 2.75) is 6.42 Å². The van der Waals surface area contributed by atoms with Crippen molar-refractivity contribution in [3.8, 4) is 5.75 Å². The zero-order valence-electron chi connectivity index (χ0n) is 10.6. The molecule has 0 aromatic heterocycles. The molecule has 0 saturated carbocycles. The summed E-state index contributed by atoms with van der Waals surface area (Å²) in [5.74, 6) is -1.21. The average Bonchev–Trinajstić information content (AvgIpc) is 2.83. The van der Waals surface area contributed by atoms with Gasteiger partial charge >= 0.3 is 0 Å². The summed E-state index contributed by atoms with van der Waals surface area (Å²) in [7, 11) is 0. The number of nitrogen functional groups attached to an aromatic ring is 1. The lowest BCUT2D eigenvalue weighted by atomic mass is 10.1. The number of rotatable bonds is 1. The molecule has 1 aliphatic rings. The van der Waals surface area contributed by atoms with E-state index in [4.69, 9.17) is 5.73 Å². The van der Waals surface area contributed by atoms with Crippen molar-refractivity contribution in [1.82, 2.24) is 0 Å². The number of nitrogens with two attached hydrogens (primary N) is 1. The van der Waals surface area contributed by atoms with Crippen LogP contribution in [0.15, 0.2) is 36.4 Å². The van der Waals surface area contributed by atoms with Crippen molar-refractivity contribution in [3.05, 3.63) is 53.3 Å². The summed E-state index contributed by atoms with van der Waals surface area (Å²) in [6, 6.07) is 8.72. The van der Waals surface area contributed by atoms with Gasteiger partial charge in [0.25, 0.3) is 5.91 Å². The van der Waals surface area contributed by atoms with Gasteiger partial charge < -0.3 is 15.7 Å². The number of anilines is 2. The Kier molecular flexibility index (Phi) is 2.82. The quantitative estimate of drug-likeness (QED) is 0.783. The van der Waals surface area contributed by atoms with Gasteiger partial charge in [-0.25, -0.2) is 4.39 Å². The SMILES string of the molecule is Nc1ccc2c(c1)N(C(=O)c1cc(F)ccc1O)CC2. The van der Waals surface area contributed by atoms with Crippen LogP contribution in [0.25, 0.3) is 0 Å². The van der Waals surface area contributed by atoms with Gasteiger partial charge in [0.05, 0.1) is 5.56 Å². The third-order valence-electron chi connectivity index (χ3n) is 3.44. The Bertz CT molecular complexity index is 700. The van der Waals surface area contributed by atoms with Crippen molar-refractivity contribution in [2.75, 3.05) is 17.2 Å². The van der Waals surface area contributed by atoms with E-state index in [0.717, 1.165) is 29.8 Å². The first-order valence-electron chi connectivity index (χ1n) is 6.25. The molecule has 0 atom stereocenters. The van der Waals surface area contributed by atoms with Crippen molar-refractivity contribution in [1.29, 1.82) is 0 Å². The van der Waals surface area contributed by atoms with Gasteiger partial charge in [0.15, 0.2) is 0 Å². The van der Waals surface area contributed by atoms with Gasteiger partial charge in [-0.05, 0) is 42.3 Å². The summed E-state index contributed by atoms with van der Waals surface area (Å²) < 4.78 is 13.3. The Morgan fingerprint density at radius 3 is 2.85 bits per heavy atom. The summed E-state index contributed by atoms with van der Waals surface area (Å²) >= 11 is 0. The number of benzene rings is 2. The molecule has 0 bridgehead atoms. The van der Waals surface area contributed by atoms with Crippen molar-refractivity contribution in [3.63, 3.8) is 0 Å². The summed E-state index contributed by atoms with van der Waals surface area (Å²) in [6.45, 7) is 0.494. The first-order valence-corrected chi connectivity index (χ1v) is 6.25. The first-order chi connectivity index (χ1) is 9.56. The highest BCUT2D eigenvalue weighted by Crippen LogP contribution is 2.32. The lowest BCUT2D eigenvalue weighted by molar-refractivity contribution is 0.0986. The van der Waals surface area contributed by atoms with Gasteiger partial charge in [-0.3, -0.25) is 4.79 Å². The molecule has 0 spiro atoms. The standard InChI is InChI=1S/C15H13FN2O2/c16-10-2-4-14(19)12(7-10)15(20)18-6-5-9-1-3-11(17)8-13(9)18/h1-4,7-8,19H,5-6,17H2. The predicted octanol–water partition coefficient (Wildman–Crippen LogP) is 2.32. The summed E-state index contributed by atoms with van der Waals surface area (Å²) in [5.41, 5.74) is 8.00. The Labute approximate surface area is 115 Å². The van der Waals surface area contributed by atoms with E-state index in [2.05, 4.69) is 0 Å². The largest absolute Gasteiger partial charge is 0.507 e. The Morgan fingerprint density at radius 1 is 1.25 bits per heavy atom. The number of phenolic OH excluding ortho intramolecular Hbond substituents is 1. The van der Waals surface area contributed by atoms with Crippen molar-refractivity contribution < 1.29 is 14.3 Å². The maximum atomic E-state index is 13.3. The molecule has 1 heterocycles. The molecule has 2 aromatic rings. The maximum Gasteiger partial charge on any atom is 0.262 e. The smallest absolute Gasteiger partial charge is 0.262 e. The molecule has 5 heteroatoms. The molecule has 1 aliphatic heterocycles. The number of carbonyl (C=O) groups excluding carboxylic acids is 1. The highest BCUT2D eigenvalue weighted by atomic mass is 19.1. The van der Waals surface area contributed by atoms with Gasteiger partial charge in [-0.15, -0.1) is 0 Å². The predicted molar refractivity (Wildman–Crippen MR) is 74.3 cm³/mol. The first kappa shape index (κ1) is 12.5. The second-order valence-corrected chi connectivity index (χ2v) is 4.76. The summed E-state index contributed by atoms with van der Waals surface area (Å²) in [6.07, 6.45) is 0.720. The molecule has 0 saturated heterocycles. The molecule has 20 heavy (non-hydrogen) atoms. The average molecular weight is 272 g/mol. The molecule has 102 valence electrons. The lowest BCUT2D eigenvalue weighted by Gasteiger charge is -2.18. The summed E-state index contributed by atoms with van der Waals surface area (Å²) in [5, 5.41) is 9.73. The molecule has 4 nitrogen and oxygen atoms in total. The van der Waals surface area contributed by atoms with Crippen molar-refractivity contribution >= 4 is 17.3 Å². The number of halogens is 1. The van der Waals surface area contributed by atoms with E-state index >= 15 is 0 Å². The number of amides is 1. The van der Waals surface area contributed by atoms with E-state index in [1.165, 1.54) is 11.0 Å². The summed E-state index contributed by atoms with van der Waals surface area (Å²) in [4.78, 5) is 14.0.